The van der Waals surface area contributed by atoms with Crippen LogP contribution in [0.25, 0.3) is 10.2 Å². The van der Waals surface area contributed by atoms with Gasteiger partial charge in [-0.25, -0.2) is 9.78 Å². The minimum absolute atomic E-state index is 0.376. The zero-order chi connectivity index (χ0) is 19.5. The molecule has 2 heterocycles. The Labute approximate surface area is 168 Å². The molecule has 0 saturated carbocycles. The van der Waals surface area contributed by atoms with E-state index in [-0.39, 0.29) is 0 Å². The third-order valence-corrected chi connectivity index (χ3v) is 6.20. The van der Waals surface area contributed by atoms with Gasteiger partial charge in [0.1, 0.15) is 28.2 Å². The van der Waals surface area contributed by atoms with E-state index in [1.54, 1.807) is 12.1 Å². The maximum absolute atomic E-state index is 11.1. The number of hydrogen-bond donors (Lipinski definition) is 1. The number of aliphatic imine (C=N–C) groups is 1. The first-order valence-corrected chi connectivity index (χ1v) is 10.1. The number of thioether (sulfide) groups is 1. The highest BCUT2D eigenvalue weighted by Crippen LogP contribution is 2.31. The highest BCUT2D eigenvalue weighted by molar-refractivity contribution is 8.15. The summed E-state index contributed by atoms with van der Waals surface area (Å²) >= 11 is 2.88. The van der Waals surface area contributed by atoms with E-state index >= 15 is 0 Å². The van der Waals surface area contributed by atoms with Crippen LogP contribution < -0.4 is 9.47 Å². The molecule has 0 radical (unpaired) electrons. The van der Waals surface area contributed by atoms with Crippen molar-refractivity contribution in [3.63, 3.8) is 0 Å². The van der Waals surface area contributed by atoms with Crippen LogP contribution in [0.2, 0.25) is 0 Å². The van der Waals surface area contributed by atoms with Crippen LogP contribution in [0, 0.1) is 0 Å². The van der Waals surface area contributed by atoms with Crippen LogP contribution in [0.3, 0.4) is 0 Å². The van der Waals surface area contributed by atoms with Crippen LogP contribution in [-0.2, 0) is 16.2 Å². The summed E-state index contributed by atoms with van der Waals surface area (Å²) in [5, 5.41) is 10.5. The molecule has 1 aliphatic rings. The van der Waals surface area contributed by atoms with Gasteiger partial charge in [-0.2, -0.15) is 0 Å². The molecular formula is C19H14N2O5S2. The molecule has 0 bridgehead atoms. The summed E-state index contributed by atoms with van der Waals surface area (Å²) in [6.07, 6.45) is 0. The van der Waals surface area contributed by atoms with Gasteiger partial charge in [0.05, 0.1) is 10.2 Å². The molecule has 1 atom stereocenters. The summed E-state index contributed by atoms with van der Waals surface area (Å²) in [5.74, 6) is 0.714. The second-order valence-corrected chi connectivity index (χ2v) is 7.93. The molecule has 142 valence electrons. The van der Waals surface area contributed by atoms with Crippen molar-refractivity contribution in [2.45, 2.75) is 12.6 Å². The van der Waals surface area contributed by atoms with Crippen molar-refractivity contribution < 1.29 is 24.2 Å². The Bertz CT molecular complexity index is 1060. The number of hydrogen-bond acceptors (Lipinski definition) is 8. The summed E-state index contributed by atoms with van der Waals surface area (Å²) < 4.78 is 11.6. The molecule has 1 unspecified atom stereocenters. The topological polar surface area (TPSA) is 98.1 Å². The number of nitrogens with zero attached hydrogens (tertiary/aromatic N) is 2. The Hall–Kier alpha value is -2.91. The lowest BCUT2D eigenvalue weighted by Gasteiger charge is -2.06. The smallest absolute Gasteiger partial charge is 0.329 e. The molecule has 28 heavy (non-hydrogen) atoms. The van der Waals surface area contributed by atoms with E-state index < -0.39 is 12.0 Å². The fourth-order valence-electron chi connectivity index (χ4n) is 2.59. The number of aliphatic carboxylic acids is 1. The fourth-order valence-corrected chi connectivity index (χ4v) is 4.68. The van der Waals surface area contributed by atoms with Crippen molar-refractivity contribution in [2.75, 3.05) is 5.75 Å². The van der Waals surface area contributed by atoms with Gasteiger partial charge >= 0.3 is 5.97 Å². The number of carboxylic acids is 1. The van der Waals surface area contributed by atoms with Gasteiger partial charge in [0.15, 0.2) is 6.04 Å². The van der Waals surface area contributed by atoms with Gasteiger partial charge in [0.2, 0.25) is 0 Å². The van der Waals surface area contributed by atoms with Crippen LogP contribution in [0.1, 0.15) is 10.6 Å². The third kappa shape index (κ3) is 4.00. The maximum Gasteiger partial charge on any atom is 0.329 e. The number of rotatable bonds is 7. The lowest BCUT2D eigenvalue weighted by molar-refractivity contribution is -0.137. The van der Waals surface area contributed by atoms with Crippen LogP contribution >= 0.6 is 23.1 Å². The molecular weight excluding hydrogens is 400 g/mol. The largest absolute Gasteiger partial charge is 0.489 e. The maximum atomic E-state index is 11.1. The number of fused-ring (bicyclic) bond motifs is 1. The first-order valence-electron chi connectivity index (χ1n) is 8.29. The summed E-state index contributed by atoms with van der Waals surface area (Å²) in [6.45, 7) is 0.767. The Balaban J connectivity index is 1.46. The average molecular weight is 414 g/mol. The van der Waals surface area contributed by atoms with E-state index in [9.17, 15) is 9.59 Å². The lowest BCUT2D eigenvalue weighted by Crippen LogP contribution is -2.17. The van der Waals surface area contributed by atoms with Crippen molar-refractivity contribution in [3.05, 3.63) is 53.0 Å². The Morgan fingerprint density at radius 1 is 1.21 bits per heavy atom. The molecule has 4 rings (SSSR count). The van der Waals surface area contributed by atoms with E-state index in [2.05, 4.69) is 9.98 Å². The Morgan fingerprint density at radius 3 is 2.71 bits per heavy atom. The van der Waals surface area contributed by atoms with E-state index in [4.69, 9.17) is 14.6 Å². The van der Waals surface area contributed by atoms with Gasteiger partial charge in [-0.1, -0.05) is 12.1 Å². The second-order valence-electron chi connectivity index (χ2n) is 5.89. The number of thiazole rings is 1. The van der Waals surface area contributed by atoms with Gasteiger partial charge in [-0.3, -0.25) is 9.79 Å². The number of aromatic nitrogens is 1. The molecule has 1 aliphatic heterocycles. The minimum atomic E-state index is -0.912. The normalized spacial score (nSPS) is 16.0. The molecule has 0 aliphatic carbocycles. The first-order chi connectivity index (χ1) is 13.6. The quantitative estimate of drug-likeness (QED) is 0.592. The van der Waals surface area contributed by atoms with Crippen molar-refractivity contribution in [3.8, 4) is 11.5 Å². The first kappa shape index (κ1) is 18.5. The molecule has 7 nitrogen and oxygen atoms in total. The van der Waals surface area contributed by atoms with Crippen molar-refractivity contribution in [1.29, 1.82) is 0 Å². The van der Waals surface area contributed by atoms with E-state index in [1.165, 1.54) is 23.1 Å². The Kier molecular flexibility index (Phi) is 5.27. The highest BCUT2D eigenvalue weighted by Gasteiger charge is 2.26. The number of carbonyl (C=O) groups is 2. The zero-order valence-corrected chi connectivity index (χ0v) is 16.0. The van der Waals surface area contributed by atoms with Crippen LogP contribution in [-0.4, -0.2) is 39.4 Å². The molecule has 0 amide bonds. The number of ether oxygens (including phenoxy) is 2. The van der Waals surface area contributed by atoms with Crippen LogP contribution in [0.15, 0.2) is 47.5 Å². The van der Waals surface area contributed by atoms with E-state index in [0.29, 0.717) is 35.4 Å². The van der Waals surface area contributed by atoms with Crippen molar-refractivity contribution in [2.24, 2.45) is 4.99 Å². The third-order valence-electron chi connectivity index (χ3n) is 3.99. The van der Waals surface area contributed by atoms with Gasteiger partial charge in [0, 0.05) is 5.75 Å². The summed E-state index contributed by atoms with van der Waals surface area (Å²) in [6, 6.07) is 12.0. The molecule has 0 spiro atoms. The van der Waals surface area contributed by atoms with Gasteiger partial charge in [-0.05, 0) is 35.9 Å². The predicted molar refractivity (Wildman–Crippen MR) is 108 cm³/mol. The summed E-state index contributed by atoms with van der Waals surface area (Å²) in [4.78, 5) is 30.2. The van der Waals surface area contributed by atoms with Gasteiger partial charge in [-0.15, -0.1) is 23.1 Å². The molecule has 0 fully saturated rings. The lowest BCUT2D eigenvalue weighted by atomic mass is 10.2. The SMILES string of the molecule is O=COc1ccc(COc2ccc3nc(C4=NC(C(=O)O)CS4)sc3c2)cc1. The summed E-state index contributed by atoms with van der Waals surface area (Å²) in [7, 11) is 0. The highest BCUT2D eigenvalue weighted by atomic mass is 32.2. The summed E-state index contributed by atoms with van der Waals surface area (Å²) in [5.41, 5.74) is 1.77. The number of benzene rings is 2. The Morgan fingerprint density at radius 2 is 2.00 bits per heavy atom. The van der Waals surface area contributed by atoms with Crippen molar-refractivity contribution in [1.82, 2.24) is 4.98 Å². The number of carboxylic acid groups (broad SMARTS) is 1. The molecule has 3 aromatic rings. The zero-order valence-electron chi connectivity index (χ0n) is 14.4. The fraction of sp³-hybridized carbons (Fsp3) is 0.158. The van der Waals surface area contributed by atoms with E-state index in [1.807, 2.05) is 30.3 Å². The molecule has 9 heteroatoms. The standard InChI is InChI=1S/C19H14N2O5S2/c22-10-26-12-3-1-11(2-4-12)8-25-13-5-6-14-16(7-13)28-18(20-14)17-21-15(9-27-17)19(23)24/h1-7,10,15H,8-9H2,(H,23,24). The van der Waals surface area contributed by atoms with Crippen LogP contribution in [0.5, 0.6) is 11.5 Å². The average Bonchev–Trinajstić information content (AvgIpc) is 3.34. The van der Waals surface area contributed by atoms with Crippen molar-refractivity contribution >= 4 is 50.8 Å². The molecule has 2 aromatic carbocycles. The second kappa shape index (κ2) is 7.99. The molecule has 1 aromatic heterocycles. The minimum Gasteiger partial charge on any atom is -0.489 e. The monoisotopic (exact) mass is 414 g/mol. The number of carbonyl (C=O) groups excluding carboxylic acids is 1. The predicted octanol–water partition coefficient (Wildman–Crippen LogP) is 3.36. The van der Waals surface area contributed by atoms with Gasteiger partial charge in [0.25, 0.3) is 6.47 Å². The van der Waals surface area contributed by atoms with Gasteiger partial charge < -0.3 is 14.6 Å². The molecule has 1 N–H and O–H groups in total. The molecule has 0 saturated heterocycles. The van der Waals surface area contributed by atoms with Crippen LogP contribution in [0.4, 0.5) is 0 Å². The van der Waals surface area contributed by atoms with E-state index in [0.717, 1.165) is 20.8 Å².